The van der Waals surface area contributed by atoms with Gasteiger partial charge in [0.1, 0.15) is 17.3 Å². The monoisotopic (exact) mass is 514 g/mol. The number of aryl methyl sites for hydroxylation is 1. The predicted molar refractivity (Wildman–Crippen MR) is 147 cm³/mol. The quantitative estimate of drug-likeness (QED) is 0.313. The number of benzene rings is 1. The molecule has 4 aromatic rings. The lowest BCUT2D eigenvalue weighted by molar-refractivity contribution is 0.381. The molecular formula is C27H31FN10. The molecule has 196 valence electrons. The molecule has 38 heavy (non-hydrogen) atoms. The summed E-state index contributed by atoms with van der Waals surface area (Å²) in [6.45, 7) is 8.55. The topological polar surface area (TPSA) is 106 Å². The zero-order valence-corrected chi connectivity index (χ0v) is 21.8. The van der Waals surface area contributed by atoms with E-state index in [1.54, 1.807) is 40.9 Å². The number of amidine groups is 1. The summed E-state index contributed by atoms with van der Waals surface area (Å²) in [6.07, 6.45) is 9.23. The number of nitrogens with zero attached hydrogens (tertiary/aromatic N) is 9. The maximum atomic E-state index is 13.3. The molecule has 10 nitrogen and oxygen atoms in total. The fourth-order valence-electron chi connectivity index (χ4n) is 4.72. The van der Waals surface area contributed by atoms with E-state index in [0.717, 1.165) is 60.0 Å². The van der Waals surface area contributed by atoms with E-state index in [4.69, 9.17) is 5.73 Å². The Morgan fingerprint density at radius 2 is 1.68 bits per heavy atom. The van der Waals surface area contributed by atoms with Crippen molar-refractivity contribution in [1.29, 1.82) is 0 Å². The van der Waals surface area contributed by atoms with E-state index in [9.17, 15) is 4.39 Å². The van der Waals surface area contributed by atoms with Crippen molar-refractivity contribution in [3.8, 4) is 11.1 Å². The lowest BCUT2D eigenvalue weighted by Crippen LogP contribution is -2.49. The van der Waals surface area contributed by atoms with Gasteiger partial charge in [-0.05, 0) is 30.7 Å². The van der Waals surface area contributed by atoms with Gasteiger partial charge in [0.2, 0.25) is 5.95 Å². The molecule has 0 aliphatic carbocycles. The summed E-state index contributed by atoms with van der Waals surface area (Å²) in [4.78, 5) is 18.2. The molecule has 0 unspecified atom stereocenters. The Morgan fingerprint density at radius 1 is 1.00 bits per heavy atom. The van der Waals surface area contributed by atoms with Crippen LogP contribution in [0.25, 0.3) is 11.1 Å². The van der Waals surface area contributed by atoms with Gasteiger partial charge in [-0.2, -0.15) is 10.2 Å². The first-order valence-corrected chi connectivity index (χ1v) is 12.3. The molecule has 0 radical (unpaired) electrons. The van der Waals surface area contributed by atoms with Gasteiger partial charge in [-0.25, -0.2) is 19.0 Å². The molecule has 3 aromatic heterocycles. The van der Waals surface area contributed by atoms with E-state index in [0.29, 0.717) is 5.95 Å². The second-order valence-corrected chi connectivity index (χ2v) is 9.50. The highest BCUT2D eigenvalue weighted by molar-refractivity contribution is 5.99. The highest BCUT2D eigenvalue weighted by atomic mass is 19.1. The van der Waals surface area contributed by atoms with Gasteiger partial charge in [0, 0.05) is 88.5 Å². The molecule has 0 spiro atoms. The molecule has 1 atom stereocenters. The van der Waals surface area contributed by atoms with Gasteiger partial charge < -0.3 is 15.5 Å². The first-order chi connectivity index (χ1) is 18.3. The number of aromatic nitrogens is 5. The Bertz CT molecular complexity index is 1440. The number of halogens is 1. The van der Waals surface area contributed by atoms with Gasteiger partial charge in [-0.1, -0.05) is 12.1 Å². The third kappa shape index (κ3) is 4.80. The van der Waals surface area contributed by atoms with Crippen molar-refractivity contribution in [3.05, 3.63) is 84.0 Å². The number of hydrogen-bond acceptors (Lipinski definition) is 7. The molecule has 11 heteroatoms. The molecule has 0 bridgehead atoms. The first kappa shape index (κ1) is 25.3. The van der Waals surface area contributed by atoms with Crippen LogP contribution in [0.1, 0.15) is 23.7 Å². The van der Waals surface area contributed by atoms with Gasteiger partial charge in [0.15, 0.2) is 0 Å². The van der Waals surface area contributed by atoms with E-state index in [1.165, 1.54) is 12.1 Å². The van der Waals surface area contributed by atoms with Crippen LogP contribution in [0.4, 0.5) is 10.3 Å². The molecule has 1 saturated heterocycles. The summed E-state index contributed by atoms with van der Waals surface area (Å²) in [5, 5.41) is 8.45. The minimum Gasteiger partial charge on any atom is -0.352 e. The summed E-state index contributed by atoms with van der Waals surface area (Å²) in [6, 6.07) is 8.25. The average Bonchev–Trinajstić information content (AvgIpc) is 3.56. The summed E-state index contributed by atoms with van der Waals surface area (Å²) in [5.41, 5.74) is 10.2. The van der Waals surface area contributed by atoms with Crippen LogP contribution in [0.15, 0.2) is 71.4 Å². The zero-order valence-electron chi connectivity index (χ0n) is 21.8. The molecule has 0 amide bonds. The highest BCUT2D eigenvalue weighted by Crippen LogP contribution is 2.27. The van der Waals surface area contributed by atoms with Gasteiger partial charge in [0.05, 0.1) is 11.7 Å². The van der Waals surface area contributed by atoms with Crippen LogP contribution in [0.3, 0.4) is 0 Å². The fourth-order valence-corrected chi connectivity index (χ4v) is 4.72. The Labute approximate surface area is 220 Å². The number of anilines is 1. The fraction of sp³-hybridized carbons (Fsp3) is 0.296. The Hall–Kier alpha value is -4.38. The van der Waals surface area contributed by atoms with Gasteiger partial charge in [0.25, 0.3) is 0 Å². The van der Waals surface area contributed by atoms with Crippen molar-refractivity contribution in [2.24, 2.45) is 22.9 Å². The van der Waals surface area contributed by atoms with Gasteiger partial charge in [-0.3, -0.25) is 9.67 Å². The lowest BCUT2D eigenvalue weighted by atomic mass is 9.87. The largest absolute Gasteiger partial charge is 0.352 e. The van der Waals surface area contributed by atoms with Gasteiger partial charge in [-0.15, -0.1) is 0 Å². The van der Waals surface area contributed by atoms with E-state index in [1.807, 2.05) is 32.6 Å². The SMILES string of the molecule is C=Nn1cc(-c2cnn(C)c2)cc1C(=NC)N1CCN(c2ncc([C@](C)(N)c3ccc(F)cc3)cn2)CC1. The van der Waals surface area contributed by atoms with Crippen molar-refractivity contribution < 1.29 is 4.39 Å². The molecule has 1 aliphatic heterocycles. The molecule has 0 saturated carbocycles. The third-order valence-corrected chi connectivity index (χ3v) is 6.98. The molecule has 1 aliphatic rings. The Balaban J connectivity index is 1.28. The maximum absolute atomic E-state index is 13.3. The van der Waals surface area contributed by atoms with Crippen LogP contribution in [-0.2, 0) is 12.6 Å². The highest BCUT2D eigenvalue weighted by Gasteiger charge is 2.27. The van der Waals surface area contributed by atoms with Crippen LogP contribution in [0, 0.1) is 5.82 Å². The van der Waals surface area contributed by atoms with Crippen LogP contribution in [-0.4, -0.2) is 75.1 Å². The predicted octanol–water partition coefficient (Wildman–Crippen LogP) is 2.70. The molecular weight excluding hydrogens is 483 g/mol. The first-order valence-electron chi connectivity index (χ1n) is 12.3. The Morgan fingerprint density at radius 3 is 2.26 bits per heavy atom. The van der Waals surface area contributed by atoms with Crippen molar-refractivity contribution >= 4 is 18.5 Å². The average molecular weight is 515 g/mol. The van der Waals surface area contributed by atoms with Crippen LogP contribution in [0.2, 0.25) is 0 Å². The zero-order chi connectivity index (χ0) is 26.9. The second-order valence-electron chi connectivity index (χ2n) is 9.50. The number of piperazine rings is 1. The summed E-state index contributed by atoms with van der Waals surface area (Å²) in [5.74, 6) is 1.20. The molecule has 5 rings (SSSR count). The van der Waals surface area contributed by atoms with E-state index < -0.39 is 5.54 Å². The van der Waals surface area contributed by atoms with Crippen molar-refractivity contribution in [3.63, 3.8) is 0 Å². The van der Waals surface area contributed by atoms with Crippen LogP contribution in [0.5, 0.6) is 0 Å². The van der Waals surface area contributed by atoms with Crippen molar-refractivity contribution in [1.82, 2.24) is 29.3 Å². The van der Waals surface area contributed by atoms with Gasteiger partial charge >= 0.3 is 0 Å². The van der Waals surface area contributed by atoms with E-state index >= 15 is 0 Å². The summed E-state index contributed by atoms with van der Waals surface area (Å²) < 4.78 is 16.9. The normalized spacial score (nSPS) is 16.0. The lowest BCUT2D eigenvalue weighted by Gasteiger charge is -2.36. The summed E-state index contributed by atoms with van der Waals surface area (Å²) in [7, 11) is 3.68. The number of aliphatic imine (C=N–C) groups is 1. The molecule has 2 N–H and O–H groups in total. The molecule has 1 aromatic carbocycles. The Kier molecular flexibility index (Phi) is 6.77. The molecule has 4 heterocycles. The number of nitrogens with two attached hydrogens (primary N) is 1. The van der Waals surface area contributed by atoms with Crippen molar-refractivity contribution in [2.75, 3.05) is 38.1 Å². The third-order valence-electron chi connectivity index (χ3n) is 6.98. The minimum absolute atomic E-state index is 0.297. The number of hydrogen-bond donors (Lipinski definition) is 1. The van der Waals surface area contributed by atoms with Crippen molar-refractivity contribution in [2.45, 2.75) is 12.5 Å². The van der Waals surface area contributed by atoms with E-state index in [2.05, 4.69) is 47.7 Å². The number of rotatable bonds is 6. The van der Waals surface area contributed by atoms with Crippen LogP contribution < -0.4 is 10.6 Å². The second kappa shape index (κ2) is 10.2. The summed E-state index contributed by atoms with van der Waals surface area (Å²) >= 11 is 0. The molecule has 1 fully saturated rings. The smallest absolute Gasteiger partial charge is 0.225 e. The minimum atomic E-state index is -0.833. The standard InChI is InChI=1S/C27H31FN10/c1-27(29,21-5-7-23(28)8-6-21)22-15-32-26(33-16-22)37-11-9-36(10-12-37)25(30-2)24-13-19(18-38(24)31-3)20-14-34-35(4)17-20/h5-8,13-18H,3,9-12,29H2,1-2,4H3/t27-/m1/s1. The van der Waals surface area contributed by atoms with Crippen LogP contribution >= 0.6 is 0 Å². The van der Waals surface area contributed by atoms with E-state index in [-0.39, 0.29) is 5.82 Å². The maximum Gasteiger partial charge on any atom is 0.225 e.